The number of rotatable bonds is 4. The van der Waals surface area contributed by atoms with Crippen LogP contribution in [-0.4, -0.2) is 16.4 Å². The SMILES string of the molecule is FC(F)(F)c1ccc(-n2ncc3c2COC[C@H]3NCc2ccco2)cc1. The number of fused-ring (bicyclic) bond motifs is 1. The van der Waals surface area contributed by atoms with E-state index in [0.29, 0.717) is 25.4 Å². The number of ether oxygens (including phenoxy) is 1. The van der Waals surface area contributed by atoms with Crippen molar-refractivity contribution in [3.05, 3.63) is 71.4 Å². The second-order valence-electron chi connectivity index (χ2n) is 6.03. The Morgan fingerprint density at radius 3 is 2.69 bits per heavy atom. The molecule has 1 aliphatic rings. The van der Waals surface area contributed by atoms with Gasteiger partial charge >= 0.3 is 6.18 Å². The van der Waals surface area contributed by atoms with Crippen molar-refractivity contribution in [2.24, 2.45) is 0 Å². The third kappa shape index (κ3) is 3.25. The molecule has 0 saturated heterocycles. The molecule has 0 aliphatic carbocycles. The zero-order valence-corrected chi connectivity index (χ0v) is 13.7. The van der Waals surface area contributed by atoms with E-state index in [1.807, 2.05) is 12.1 Å². The fourth-order valence-electron chi connectivity index (χ4n) is 3.01. The molecule has 5 nitrogen and oxygen atoms in total. The molecule has 3 aromatic rings. The van der Waals surface area contributed by atoms with Gasteiger partial charge in [0.05, 0.1) is 55.2 Å². The highest BCUT2D eigenvalue weighted by molar-refractivity contribution is 5.39. The first kappa shape index (κ1) is 16.9. The van der Waals surface area contributed by atoms with Crippen LogP contribution in [0, 0.1) is 0 Å². The molecule has 3 heterocycles. The maximum Gasteiger partial charge on any atom is 0.416 e. The number of furan rings is 1. The number of hydrogen-bond donors (Lipinski definition) is 1. The molecule has 0 bridgehead atoms. The first-order valence-electron chi connectivity index (χ1n) is 8.10. The standard InChI is InChI=1S/C18H16F3N3O2/c19-18(20,21)12-3-5-13(6-4-12)24-17-11-25-10-16(15(17)9-23-24)22-8-14-2-1-7-26-14/h1-7,9,16,22H,8,10-11H2/t16-/m1/s1. The van der Waals surface area contributed by atoms with Crippen LogP contribution in [0.25, 0.3) is 5.69 Å². The van der Waals surface area contributed by atoms with E-state index >= 15 is 0 Å². The summed E-state index contributed by atoms with van der Waals surface area (Å²) in [6.45, 7) is 1.40. The minimum absolute atomic E-state index is 0.0629. The van der Waals surface area contributed by atoms with Crippen molar-refractivity contribution >= 4 is 0 Å². The summed E-state index contributed by atoms with van der Waals surface area (Å²) >= 11 is 0. The van der Waals surface area contributed by atoms with Gasteiger partial charge in [0.25, 0.3) is 0 Å². The molecular formula is C18H16F3N3O2. The van der Waals surface area contributed by atoms with Gasteiger partial charge in [-0.25, -0.2) is 4.68 Å². The van der Waals surface area contributed by atoms with Crippen LogP contribution in [0.3, 0.4) is 0 Å². The average molecular weight is 363 g/mol. The van der Waals surface area contributed by atoms with Crippen LogP contribution in [-0.2, 0) is 24.1 Å². The lowest BCUT2D eigenvalue weighted by Crippen LogP contribution is -2.29. The number of alkyl halides is 3. The third-order valence-electron chi connectivity index (χ3n) is 4.34. The molecule has 0 amide bonds. The summed E-state index contributed by atoms with van der Waals surface area (Å²) in [6.07, 6.45) is -1.01. The lowest BCUT2D eigenvalue weighted by molar-refractivity contribution is -0.137. The second kappa shape index (κ2) is 6.62. The quantitative estimate of drug-likeness (QED) is 0.765. The fraction of sp³-hybridized carbons (Fsp3) is 0.278. The lowest BCUT2D eigenvalue weighted by Gasteiger charge is -2.24. The number of nitrogens with one attached hydrogen (secondary N) is 1. The predicted molar refractivity (Wildman–Crippen MR) is 86.5 cm³/mol. The smallest absolute Gasteiger partial charge is 0.416 e. The van der Waals surface area contributed by atoms with Crippen molar-refractivity contribution in [1.29, 1.82) is 0 Å². The molecule has 1 N–H and O–H groups in total. The Balaban J connectivity index is 1.56. The molecule has 4 rings (SSSR count). The van der Waals surface area contributed by atoms with E-state index in [1.54, 1.807) is 17.1 Å². The van der Waals surface area contributed by atoms with E-state index in [1.165, 1.54) is 12.1 Å². The molecule has 1 atom stereocenters. The van der Waals surface area contributed by atoms with E-state index in [-0.39, 0.29) is 6.04 Å². The highest BCUT2D eigenvalue weighted by Gasteiger charge is 2.30. The Kier molecular flexibility index (Phi) is 4.29. The maximum atomic E-state index is 12.7. The predicted octanol–water partition coefficient (Wildman–Crippen LogP) is 3.85. The van der Waals surface area contributed by atoms with Gasteiger partial charge in [-0.05, 0) is 36.4 Å². The molecule has 2 aromatic heterocycles. The molecule has 1 aromatic carbocycles. The molecule has 0 saturated carbocycles. The third-order valence-corrected chi connectivity index (χ3v) is 4.34. The minimum atomic E-state index is -4.36. The van der Waals surface area contributed by atoms with Crippen molar-refractivity contribution in [1.82, 2.24) is 15.1 Å². The van der Waals surface area contributed by atoms with Crippen molar-refractivity contribution < 1.29 is 22.3 Å². The zero-order valence-electron chi connectivity index (χ0n) is 13.7. The van der Waals surface area contributed by atoms with Crippen molar-refractivity contribution in [2.75, 3.05) is 6.61 Å². The van der Waals surface area contributed by atoms with Gasteiger partial charge in [0, 0.05) is 5.56 Å². The summed E-state index contributed by atoms with van der Waals surface area (Å²) < 4.78 is 50.8. The monoisotopic (exact) mass is 363 g/mol. The van der Waals surface area contributed by atoms with E-state index in [9.17, 15) is 13.2 Å². The van der Waals surface area contributed by atoms with Gasteiger partial charge in [-0.15, -0.1) is 0 Å². The van der Waals surface area contributed by atoms with Gasteiger partial charge in [-0.2, -0.15) is 18.3 Å². The Bertz CT molecular complexity index is 870. The van der Waals surface area contributed by atoms with Gasteiger partial charge < -0.3 is 14.5 Å². The van der Waals surface area contributed by atoms with Crippen molar-refractivity contribution in [3.8, 4) is 5.69 Å². The topological polar surface area (TPSA) is 52.2 Å². The van der Waals surface area contributed by atoms with Gasteiger partial charge in [-0.1, -0.05) is 0 Å². The van der Waals surface area contributed by atoms with Crippen LogP contribution in [0.4, 0.5) is 13.2 Å². The van der Waals surface area contributed by atoms with Gasteiger partial charge in [0.2, 0.25) is 0 Å². The maximum absolute atomic E-state index is 12.7. The molecule has 0 radical (unpaired) electrons. The Hall–Kier alpha value is -2.58. The number of halogens is 3. The average Bonchev–Trinajstić information content (AvgIpc) is 3.29. The number of nitrogens with zero attached hydrogens (tertiary/aromatic N) is 2. The molecule has 8 heteroatoms. The summed E-state index contributed by atoms with van der Waals surface area (Å²) in [5.74, 6) is 0.812. The summed E-state index contributed by atoms with van der Waals surface area (Å²) in [5, 5.41) is 7.70. The van der Waals surface area contributed by atoms with E-state index in [2.05, 4.69) is 10.4 Å². The first-order valence-corrected chi connectivity index (χ1v) is 8.10. The Morgan fingerprint density at radius 2 is 2.00 bits per heavy atom. The van der Waals surface area contributed by atoms with Crippen LogP contribution in [0.1, 0.15) is 28.6 Å². The minimum Gasteiger partial charge on any atom is -0.468 e. The number of aromatic nitrogens is 2. The molecule has 26 heavy (non-hydrogen) atoms. The molecular weight excluding hydrogens is 347 g/mol. The summed E-state index contributed by atoms with van der Waals surface area (Å²) in [6, 6.07) is 8.57. The fourth-order valence-corrected chi connectivity index (χ4v) is 3.01. The number of hydrogen-bond acceptors (Lipinski definition) is 4. The first-order chi connectivity index (χ1) is 12.5. The van der Waals surface area contributed by atoms with Gasteiger partial charge in [0.15, 0.2) is 0 Å². The van der Waals surface area contributed by atoms with E-state index in [0.717, 1.165) is 29.2 Å². The Morgan fingerprint density at radius 1 is 1.19 bits per heavy atom. The molecule has 1 aliphatic heterocycles. The van der Waals surface area contributed by atoms with E-state index in [4.69, 9.17) is 9.15 Å². The summed E-state index contributed by atoms with van der Waals surface area (Å²) in [5.41, 5.74) is 1.68. The van der Waals surface area contributed by atoms with Crippen LogP contribution in [0.2, 0.25) is 0 Å². The molecule has 136 valence electrons. The van der Waals surface area contributed by atoms with Crippen LogP contribution in [0.15, 0.2) is 53.3 Å². The largest absolute Gasteiger partial charge is 0.468 e. The zero-order chi connectivity index (χ0) is 18.1. The van der Waals surface area contributed by atoms with Crippen molar-refractivity contribution in [3.63, 3.8) is 0 Å². The highest BCUT2D eigenvalue weighted by Crippen LogP contribution is 2.31. The van der Waals surface area contributed by atoms with Crippen LogP contribution in [0.5, 0.6) is 0 Å². The van der Waals surface area contributed by atoms with Gasteiger partial charge in [0.1, 0.15) is 5.76 Å². The Labute approximate surface area is 147 Å². The normalized spacial score (nSPS) is 17.3. The summed E-state index contributed by atoms with van der Waals surface area (Å²) in [7, 11) is 0. The van der Waals surface area contributed by atoms with Crippen molar-refractivity contribution in [2.45, 2.75) is 25.4 Å². The molecule has 0 spiro atoms. The van der Waals surface area contributed by atoms with E-state index < -0.39 is 11.7 Å². The highest BCUT2D eigenvalue weighted by atomic mass is 19.4. The van der Waals surface area contributed by atoms with Gasteiger partial charge in [-0.3, -0.25) is 0 Å². The lowest BCUT2D eigenvalue weighted by atomic mass is 10.1. The molecule has 0 unspecified atom stereocenters. The molecule has 0 fully saturated rings. The second-order valence-corrected chi connectivity index (χ2v) is 6.03. The summed E-state index contributed by atoms with van der Waals surface area (Å²) in [4.78, 5) is 0. The van der Waals surface area contributed by atoms with Crippen LogP contribution < -0.4 is 5.32 Å². The number of benzene rings is 1. The van der Waals surface area contributed by atoms with Crippen LogP contribution >= 0.6 is 0 Å².